The van der Waals surface area contributed by atoms with Gasteiger partial charge in [0.1, 0.15) is 6.10 Å². The Kier molecular flexibility index (Phi) is 8.33. The number of carbonyl (C=O) groups excluding carboxylic acids is 2. The first-order valence-electron chi connectivity index (χ1n) is 13.3. The normalized spacial score (nSPS) is 17.4. The van der Waals surface area contributed by atoms with E-state index in [9.17, 15) is 9.59 Å². The monoisotopic (exact) mass is 529 g/mol. The number of rotatable bonds is 8. The molecule has 3 heterocycles. The highest BCUT2D eigenvalue weighted by Gasteiger charge is 2.24. The summed E-state index contributed by atoms with van der Waals surface area (Å²) in [5, 5.41) is 6.20. The van der Waals surface area contributed by atoms with E-state index in [-0.39, 0.29) is 17.9 Å². The summed E-state index contributed by atoms with van der Waals surface area (Å²) < 4.78 is 5.45. The average Bonchev–Trinajstić information content (AvgIpc) is 3.49. The van der Waals surface area contributed by atoms with Gasteiger partial charge in [-0.25, -0.2) is 9.97 Å². The lowest BCUT2D eigenvalue weighted by atomic mass is 10.1. The zero-order chi connectivity index (χ0) is 27.2. The Bertz CT molecular complexity index is 1270. The van der Waals surface area contributed by atoms with Crippen LogP contribution in [0.25, 0.3) is 11.3 Å². The smallest absolute Gasteiger partial charge is 0.253 e. The first-order chi connectivity index (χ1) is 18.9. The SMILES string of the molecule is CN(C)CC(=O)N1CCN(c2ccc(Nc3nccc(-c4ccc(NC(=O)[C@@H]5CCCO5)cc4)n3)cc2)CC1. The predicted molar refractivity (Wildman–Crippen MR) is 152 cm³/mol. The van der Waals surface area contributed by atoms with E-state index >= 15 is 0 Å². The Hall–Kier alpha value is -4.02. The molecule has 0 unspecified atom stereocenters. The van der Waals surface area contributed by atoms with E-state index in [1.54, 1.807) is 6.20 Å². The Morgan fingerprint density at radius 1 is 0.974 bits per heavy atom. The highest BCUT2D eigenvalue weighted by Crippen LogP contribution is 2.24. The van der Waals surface area contributed by atoms with Gasteiger partial charge in [0, 0.05) is 61.6 Å². The molecule has 204 valence electrons. The fourth-order valence-electron chi connectivity index (χ4n) is 4.78. The van der Waals surface area contributed by atoms with Crippen molar-refractivity contribution >= 4 is 34.8 Å². The quantitative estimate of drug-likeness (QED) is 0.459. The maximum atomic E-state index is 12.3. The van der Waals surface area contributed by atoms with E-state index in [2.05, 4.69) is 37.6 Å². The second kappa shape index (κ2) is 12.2. The third-order valence-electron chi connectivity index (χ3n) is 6.90. The number of ether oxygens (including phenoxy) is 1. The molecule has 2 aromatic carbocycles. The summed E-state index contributed by atoms with van der Waals surface area (Å²) in [5.74, 6) is 0.583. The molecule has 0 bridgehead atoms. The number of anilines is 4. The van der Waals surface area contributed by atoms with Crippen LogP contribution in [0, 0.1) is 0 Å². The molecule has 1 aromatic heterocycles. The number of likely N-dealkylation sites (N-methyl/N-ethyl adjacent to an activating group) is 1. The summed E-state index contributed by atoms with van der Waals surface area (Å²) in [7, 11) is 3.83. The first-order valence-corrected chi connectivity index (χ1v) is 13.3. The minimum absolute atomic E-state index is 0.0999. The van der Waals surface area contributed by atoms with Crippen molar-refractivity contribution < 1.29 is 14.3 Å². The van der Waals surface area contributed by atoms with Crippen molar-refractivity contribution in [3.05, 3.63) is 60.8 Å². The lowest BCUT2D eigenvalue weighted by molar-refractivity contribution is -0.132. The van der Waals surface area contributed by atoms with Crippen molar-refractivity contribution in [2.45, 2.75) is 18.9 Å². The van der Waals surface area contributed by atoms with Gasteiger partial charge in [0.15, 0.2) is 0 Å². The van der Waals surface area contributed by atoms with Crippen molar-refractivity contribution in [3.63, 3.8) is 0 Å². The van der Waals surface area contributed by atoms with Gasteiger partial charge in [0.05, 0.1) is 12.2 Å². The van der Waals surface area contributed by atoms with Crippen LogP contribution in [-0.2, 0) is 14.3 Å². The number of aromatic nitrogens is 2. The predicted octanol–water partition coefficient (Wildman–Crippen LogP) is 3.21. The third kappa shape index (κ3) is 6.90. The molecule has 2 saturated heterocycles. The molecule has 2 aliphatic rings. The van der Waals surface area contributed by atoms with Crippen LogP contribution in [0.1, 0.15) is 12.8 Å². The van der Waals surface area contributed by atoms with Gasteiger partial charge in [0.2, 0.25) is 11.9 Å². The average molecular weight is 530 g/mol. The second-order valence-corrected chi connectivity index (χ2v) is 10.1. The molecule has 10 nitrogen and oxygen atoms in total. The molecule has 2 amide bonds. The Labute approximate surface area is 229 Å². The maximum Gasteiger partial charge on any atom is 0.253 e. The van der Waals surface area contributed by atoms with E-state index < -0.39 is 0 Å². The van der Waals surface area contributed by atoms with E-state index in [0.29, 0.717) is 19.1 Å². The minimum atomic E-state index is -0.358. The molecule has 2 fully saturated rings. The molecule has 10 heteroatoms. The Morgan fingerprint density at radius 3 is 2.36 bits per heavy atom. The van der Waals surface area contributed by atoms with Gasteiger partial charge in [-0.05, 0) is 69.4 Å². The molecule has 0 radical (unpaired) electrons. The van der Waals surface area contributed by atoms with Gasteiger partial charge in [-0.15, -0.1) is 0 Å². The zero-order valence-corrected chi connectivity index (χ0v) is 22.5. The van der Waals surface area contributed by atoms with Crippen molar-refractivity contribution in [1.82, 2.24) is 19.8 Å². The van der Waals surface area contributed by atoms with Crippen LogP contribution in [0.2, 0.25) is 0 Å². The first kappa shape index (κ1) is 26.6. The summed E-state index contributed by atoms with van der Waals surface area (Å²) in [4.78, 5) is 39.8. The summed E-state index contributed by atoms with van der Waals surface area (Å²) in [6, 6.07) is 17.6. The fraction of sp³-hybridized carbons (Fsp3) is 0.379. The standard InChI is InChI=1S/C29H35N7O3/c1-34(2)20-27(37)36-17-15-35(16-18-36)24-11-9-23(10-12-24)32-29-30-14-13-25(33-29)21-5-7-22(8-6-21)31-28(38)26-4-3-19-39-26/h5-14,26H,3-4,15-20H2,1-2H3,(H,31,38)(H,30,32,33)/t26-/m0/s1. The number of carbonyl (C=O) groups is 2. The maximum absolute atomic E-state index is 12.3. The number of hydrogen-bond donors (Lipinski definition) is 2. The number of hydrogen-bond acceptors (Lipinski definition) is 8. The number of nitrogens with zero attached hydrogens (tertiary/aromatic N) is 5. The summed E-state index contributed by atoms with van der Waals surface area (Å²) in [6.07, 6.45) is 3.05. The highest BCUT2D eigenvalue weighted by atomic mass is 16.5. The molecule has 5 rings (SSSR count). The van der Waals surface area contributed by atoms with Crippen LogP contribution < -0.4 is 15.5 Å². The molecule has 0 spiro atoms. The van der Waals surface area contributed by atoms with E-state index in [1.165, 1.54) is 0 Å². The number of benzene rings is 2. The van der Waals surface area contributed by atoms with Crippen LogP contribution in [-0.4, -0.2) is 91.1 Å². The van der Waals surface area contributed by atoms with Crippen molar-refractivity contribution in [1.29, 1.82) is 0 Å². The van der Waals surface area contributed by atoms with Crippen LogP contribution in [0.4, 0.5) is 23.0 Å². The van der Waals surface area contributed by atoms with Crippen LogP contribution in [0.15, 0.2) is 60.8 Å². The van der Waals surface area contributed by atoms with Gasteiger partial charge in [-0.2, -0.15) is 0 Å². The molecule has 0 aliphatic carbocycles. The van der Waals surface area contributed by atoms with Crippen molar-refractivity contribution in [3.8, 4) is 11.3 Å². The fourth-order valence-corrected chi connectivity index (χ4v) is 4.78. The third-order valence-corrected chi connectivity index (χ3v) is 6.90. The molecule has 2 aliphatic heterocycles. The molecule has 0 saturated carbocycles. The van der Waals surface area contributed by atoms with Crippen LogP contribution >= 0.6 is 0 Å². The summed E-state index contributed by atoms with van der Waals surface area (Å²) >= 11 is 0. The van der Waals surface area contributed by atoms with Gasteiger partial charge < -0.3 is 30.1 Å². The molecule has 2 N–H and O–H groups in total. The minimum Gasteiger partial charge on any atom is -0.368 e. The molecule has 39 heavy (non-hydrogen) atoms. The van der Waals surface area contributed by atoms with Gasteiger partial charge in [-0.1, -0.05) is 12.1 Å². The number of piperazine rings is 1. The van der Waals surface area contributed by atoms with Gasteiger partial charge in [-0.3, -0.25) is 9.59 Å². The molecular formula is C29H35N7O3. The summed E-state index contributed by atoms with van der Waals surface area (Å²) in [5.41, 5.74) is 4.45. The van der Waals surface area contributed by atoms with Gasteiger partial charge in [0.25, 0.3) is 5.91 Å². The topological polar surface area (TPSA) is 103 Å². The zero-order valence-electron chi connectivity index (χ0n) is 22.5. The van der Waals surface area contributed by atoms with Crippen LogP contribution in [0.5, 0.6) is 0 Å². The highest BCUT2D eigenvalue weighted by molar-refractivity contribution is 5.94. The van der Waals surface area contributed by atoms with E-state index in [4.69, 9.17) is 4.74 Å². The lowest BCUT2D eigenvalue weighted by Crippen LogP contribution is -2.50. The van der Waals surface area contributed by atoms with Crippen LogP contribution in [0.3, 0.4) is 0 Å². The largest absolute Gasteiger partial charge is 0.368 e. The van der Waals surface area contributed by atoms with E-state index in [1.807, 2.05) is 66.4 Å². The second-order valence-electron chi connectivity index (χ2n) is 10.1. The summed E-state index contributed by atoms with van der Waals surface area (Å²) in [6.45, 7) is 4.18. The van der Waals surface area contributed by atoms with Gasteiger partial charge >= 0.3 is 0 Å². The van der Waals surface area contributed by atoms with E-state index in [0.717, 1.165) is 67.3 Å². The molecular weight excluding hydrogens is 494 g/mol. The Balaban J connectivity index is 1.16. The number of nitrogens with one attached hydrogen (secondary N) is 2. The Morgan fingerprint density at radius 2 is 1.69 bits per heavy atom. The molecule has 1 atom stereocenters. The lowest BCUT2D eigenvalue weighted by Gasteiger charge is -2.36. The number of amides is 2. The van der Waals surface area contributed by atoms with Crippen molar-refractivity contribution in [2.24, 2.45) is 0 Å². The van der Waals surface area contributed by atoms with Crippen molar-refractivity contribution in [2.75, 3.05) is 69.0 Å². The molecule has 3 aromatic rings.